The van der Waals surface area contributed by atoms with E-state index >= 15 is 0 Å². The average molecular weight is 235 g/mol. The Balaban J connectivity index is 1.91. The molecular formula is C12H17N3S. The lowest BCUT2D eigenvalue weighted by molar-refractivity contribution is 0.704. The summed E-state index contributed by atoms with van der Waals surface area (Å²) in [5, 5.41) is 5.45. The molecule has 2 heterocycles. The van der Waals surface area contributed by atoms with Gasteiger partial charge >= 0.3 is 0 Å². The molecule has 0 aliphatic heterocycles. The molecule has 0 radical (unpaired) electrons. The Morgan fingerprint density at radius 3 is 3.19 bits per heavy atom. The number of nitrogens with one attached hydrogen (secondary N) is 1. The molecule has 0 saturated heterocycles. The highest BCUT2D eigenvalue weighted by Gasteiger charge is 2.01. The van der Waals surface area contributed by atoms with Gasteiger partial charge in [0.15, 0.2) is 0 Å². The lowest BCUT2D eigenvalue weighted by Crippen LogP contribution is -2.09. The van der Waals surface area contributed by atoms with Crippen molar-refractivity contribution < 1.29 is 0 Å². The number of rotatable bonds is 6. The molecule has 2 rings (SSSR count). The normalized spacial score (nSPS) is 10.6. The summed E-state index contributed by atoms with van der Waals surface area (Å²) in [6.07, 6.45) is 6.09. The number of thiophene rings is 1. The van der Waals surface area contributed by atoms with Gasteiger partial charge in [0.1, 0.15) is 0 Å². The number of nitrogens with zero attached hydrogens (tertiary/aromatic N) is 2. The molecule has 0 bridgehead atoms. The average Bonchev–Trinajstić information content (AvgIpc) is 2.94. The van der Waals surface area contributed by atoms with E-state index in [0.29, 0.717) is 0 Å². The molecule has 86 valence electrons. The summed E-state index contributed by atoms with van der Waals surface area (Å²) in [5.41, 5.74) is 0. The number of hydrogen-bond donors (Lipinski definition) is 1. The molecule has 0 unspecified atom stereocenters. The molecular weight excluding hydrogens is 218 g/mol. The van der Waals surface area contributed by atoms with Crippen LogP contribution in [0.1, 0.15) is 18.2 Å². The second kappa shape index (κ2) is 5.70. The van der Waals surface area contributed by atoms with Crippen LogP contribution in [0.3, 0.4) is 0 Å². The third-order valence-electron chi connectivity index (χ3n) is 2.43. The van der Waals surface area contributed by atoms with Crippen molar-refractivity contribution in [2.75, 3.05) is 11.9 Å². The molecule has 1 N–H and O–H groups in total. The van der Waals surface area contributed by atoms with Crippen LogP contribution in [0.4, 0.5) is 5.95 Å². The van der Waals surface area contributed by atoms with Crippen molar-refractivity contribution in [3.63, 3.8) is 0 Å². The second-order valence-corrected chi connectivity index (χ2v) is 4.73. The number of aromatic nitrogens is 2. The Labute approximate surface area is 100 Å². The zero-order valence-electron chi connectivity index (χ0n) is 9.52. The van der Waals surface area contributed by atoms with Crippen molar-refractivity contribution in [2.24, 2.45) is 0 Å². The molecule has 0 spiro atoms. The van der Waals surface area contributed by atoms with Crippen LogP contribution in [0.15, 0.2) is 29.9 Å². The number of hydrogen-bond acceptors (Lipinski definition) is 3. The second-order valence-electron chi connectivity index (χ2n) is 3.70. The van der Waals surface area contributed by atoms with E-state index in [1.165, 1.54) is 4.88 Å². The van der Waals surface area contributed by atoms with Crippen LogP contribution in [0.2, 0.25) is 0 Å². The summed E-state index contributed by atoms with van der Waals surface area (Å²) in [4.78, 5) is 5.73. The minimum Gasteiger partial charge on any atom is -0.356 e. The van der Waals surface area contributed by atoms with E-state index in [-0.39, 0.29) is 0 Å². The van der Waals surface area contributed by atoms with Crippen molar-refractivity contribution in [2.45, 2.75) is 26.3 Å². The van der Waals surface area contributed by atoms with E-state index in [9.17, 15) is 0 Å². The van der Waals surface area contributed by atoms with Crippen molar-refractivity contribution >= 4 is 17.3 Å². The van der Waals surface area contributed by atoms with Gasteiger partial charge in [-0.3, -0.25) is 0 Å². The Morgan fingerprint density at radius 2 is 2.44 bits per heavy atom. The van der Waals surface area contributed by atoms with E-state index in [0.717, 1.165) is 31.9 Å². The quantitative estimate of drug-likeness (QED) is 0.834. The van der Waals surface area contributed by atoms with Gasteiger partial charge in [-0.15, -0.1) is 11.3 Å². The van der Waals surface area contributed by atoms with E-state index < -0.39 is 0 Å². The van der Waals surface area contributed by atoms with Crippen LogP contribution in [0.25, 0.3) is 0 Å². The fourth-order valence-electron chi connectivity index (χ4n) is 1.58. The number of imidazole rings is 1. The molecule has 0 aromatic carbocycles. The van der Waals surface area contributed by atoms with E-state index in [4.69, 9.17) is 0 Å². The van der Waals surface area contributed by atoms with Gasteiger partial charge in [-0.1, -0.05) is 13.0 Å². The first-order valence-corrected chi connectivity index (χ1v) is 6.55. The molecule has 0 saturated carbocycles. The summed E-state index contributed by atoms with van der Waals surface area (Å²) in [6.45, 7) is 4.13. The molecule has 3 nitrogen and oxygen atoms in total. The predicted octanol–water partition coefficient (Wildman–Crippen LogP) is 3.01. The third kappa shape index (κ3) is 2.85. The van der Waals surface area contributed by atoms with E-state index in [2.05, 4.69) is 39.3 Å². The lowest BCUT2D eigenvalue weighted by atomic mass is 10.3. The van der Waals surface area contributed by atoms with Gasteiger partial charge in [0.25, 0.3) is 0 Å². The summed E-state index contributed by atoms with van der Waals surface area (Å²) < 4.78 is 2.18. The highest BCUT2D eigenvalue weighted by atomic mass is 32.1. The van der Waals surface area contributed by atoms with Crippen molar-refractivity contribution in [3.05, 3.63) is 34.8 Å². The minimum absolute atomic E-state index is 0.982. The van der Waals surface area contributed by atoms with Crippen LogP contribution in [0.5, 0.6) is 0 Å². The SMILES string of the molecule is CCCNc1nccn1CCc1cccs1. The Bertz CT molecular complexity index is 406. The van der Waals surface area contributed by atoms with Crippen LogP contribution in [-0.4, -0.2) is 16.1 Å². The summed E-state index contributed by atoms with van der Waals surface area (Å²) >= 11 is 1.81. The fourth-order valence-corrected chi connectivity index (χ4v) is 2.28. The summed E-state index contributed by atoms with van der Waals surface area (Å²) in [5.74, 6) is 0.985. The minimum atomic E-state index is 0.982. The highest BCUT2D eigenvalue weighted by Crippen LogP contribution is 2.12. The maximum absolute atomic E-state index is 4.31. The Hall–Kier alpha value is -1.29. The first-order chi connectivity index (χ1) is 7.90. The van der Waals surface area contributed by atoms with Crippen molar-refractivity contribution in [3.8, 4) is 0 Å². The van der Waals surface area contributed by atoms with E-state index in [1.54, 1.807) is 0 Å². The number of aryl methyl sites for hydroxylation is 2. The van der Waals surface area contributed by atoms with Crippen LogP contribution in [-0.2, 0) is 13.0 Å². The predicted molar refractivity (Wildman–Crippen MR) is 69.0 cm³/mol. The third-order valence-corrected chi connectivity index (χ3v) is 3.36. The lowest BCUT2D eigenvalue weighted by Gasteiger charge is -2.08. The molecule has 0 amide bonds. The van der Waals surface area contributed by atoms with Crippen LogP contribution in [0, 0.1) is 0 Å². The standard InChI is InChI=1S/C12H17N3S/c1-2-6-13-12-14-7-9-15(12)8-5-11-4-3-10-16-11/h3-4,7,9-10H,2,5-6,8H2,1H3,(H,13,14). The Morgan fingerprint density at radius 1 is 1.50 bits per heavy atom. The molecule has 0 aliphatic carbocycles. The first-order valence-electron chi connectivity index (χ1n) is 5.67. The molecule has 16 heavy (non-hydrogen) atoms. The zero-order chi connectivity index (χ0) is 11.2. The topological polar surface area (TPSA) is 29.9 Å². The molecule has 2 aromatic heterocycles. The van der Waals surface area contributed by atoms with Gasteiger partial charge in [0.05, 0.1) is 0 Å². The molecule has 0 fully saturated rings. The van der Waals surface area contributed by atoms with Gasteiger partial charge in [0, 0.05) is 30.4 Å². The highest BCUT2D eigenvalue weighted by molar-refractivity contribution is 7.09. The molecule has 4 heteroatoms. The Kier molecular flexibility index (Phi) is 3.99. The van der Waals surface area contributed by atoms with Gasteiger partial charge in [-0.2, -0.15) is 0 Å². The maximum atomic E-state index is 4.31. The van der Waals surface area contributed by atoms with Crippen LogP contribution >= 0.6 is 11.3 Å². The van der Waals surface area contributed by atoms with Crippen molar-refractivity contribution in [1.82, 2.24) is 9.55 Å². The van der Waals surface area contributed by atoms with Crippen molar-refractivity contribution in [1.29, 1.82) is 0 Å². The summed E-state index contributed by atoms with van der Waals surface area (Å²) in [7, 11) is 0. The largest absolute Gasteiger partial charge is 0.356 e. The van der Waals surface area contributed by atoms with Gasteiger partial charge in [0.2, 0.25) is 5.95 Å². The van der Waals surface area contributed by atoms with Crippen LogP contribution < -0.4 is 5.32 Å². The molecule has 0 aliphatic rings. The monoisotopic (exact) mass is 235 g/mol. The zero-order valence-corrected chi connectivity index (χ0v) is 10.3. The smallest absolute Gasteiger partial charge is 0.202 e. The molecule has 0 atom stereocenters. The fraction of sp³-hybridized carbons (Fsp3) is 0.417. The van der Waals surface area contributed by atoms with Gasteiger partial charge < -0.3 is 9.88 Å². The first kappa shape index (κ1) is 11.2. The number of anilines is 1. The van der Waals surface area contributed by atoms with Gasteiger partial charge in [-0.25, -0.2) is 4.98 Å². The van der Waals surface area contributed by atoms with Gasteiger partial charge in [-0.05, 0) is 24.3 Å². The maximum Gasteiger partial charge on any atom is 0.202 e. The summed E-state index contributed by atoms with van der Waals surface area (Å²) in [6, 6.07) is 4.28. The molecule has 2 aromatic rings. The van der Waals surface area contributed by atoms with E-state index in [1.807, 2.05) is 23.7 Å².